The third kappa shape index (κ3) is 5.03. The number of hydrogen-bond donors (Lipinski definition) is 2. The predicted octanol–water partition coefficient (Wildman–Crippen LogP) is 5.26. The van der Waals surface area contributed by atoms with Crippen LogP contribution in [0.3, 0.4) is 0 Å². The van der Waals surface area contributed by atoms with Crippen molar-refractivity contribution in [3.63, 3.8) is 0 Å². The average Bonchev–Trinajstić information content (AvgIpc) is 3.22. The highest BCUT2D eigenvalue weighted by Crippen LogP contribution is 2.33. The lowest BCUT2D eigenvalue weighted by Gasteiger charge is -2.18. The molecule has 0 fully saturated rings. The first kappa shape index (κ1) is 20.9. The summed E-state index contributed by atoms with van der Waals surface area (Å²) >= 11 is -2.39. The Morgan fingerprint density at radius 1 is 0.968 bits per heavy atom. The number of nitrogens with one attached hydrogen (secondary N) is 1. The van der Waals surface area contributed by atoms with Crippen LogP contribution in [0.2, 0.25) is 0 Å². The zero-order valence-corrected chi connectivity index (χ0v) is 17.8. The number of aromatic nitrogens is 1. The van der Waals surface area contributed by atoms with Crippen molar-refractivity contribution in [1.82, 2.24) is 4.57 Å². The molecule has 1 aromatic heterocycles. The van der Waals surface area contributed by atoms with Crippen LogP contribution in [0.5, 0.6) is 0 Å². The van der Waals surface area contributed by atoms with E-state index < -0.39 is 11.4 Å². The molecule has 0 saturated heterocycles. The molecule has 31 heavy (non-hydrogen) atoms. The Labute approximate surface area is 184 Å². The Kier molecular flexibility index (Phi) is 6.47. The van der Waals surface area contributed by atoms with Gasteiger partial charge in [0, 0.05) is 31.0 Å². The van der Waals surface area contributed by atoms with E-state index in [1.54, 1.807) is 7.05 Å². The molecule has 1 unspecified atom stereocenters. The summed E-state index contributed by atoms with van der Waals surface area (Å²) in [6.45, 7) is 0.712. The Bertz CT molecular complexity index is 1160. The van der Waals surface area contributed by atoms with Crippen molar-refractivity contribution in [1.29, 1.82) is 0 Å². The summed E-state index contributed by atoms with van der Waals surface area (Å²) in [5.74, 6) is 0. The number of anilines is 2. The van der Waals surface area contributed by atoms with E-state index in [9.17, 15) is 4.21 Å². The van der Waals surface area contributed by atoms with Crippen LogP contribution in [-0.4, -0.2) is 20.4 Å². The van der Waals surface area contributed by atoms with Gasteiger partial charge in [-0.15, -0.1) is 4.28 Å². The molecular weight excluding hydrogens is 410 g/mol. The van der Waals surface area contributed by atoms with Crippen LogP contribution >= 0.6 is 0 Å². The Morgan fingerprint density at radius 2 is 1.68 bits per heavy atom. The molecule has 0 amide bonds. The van der Waals surface area contributed by atoms with Crippen molar-refractivity contribution >= 4 is 22.7 Å². The highest BCUT2D eigenvalue weighted by molar-refractivity contribution is 7.74. The lowest BCUT2D eigenvalue weighted by molar-refractivity contribution is 0.295. The van der Waals surface area contributed by atoms with Gasteiger partial charge in [0.25, 0.3) is 0 Å². The second kappa shape index (κ2) is 9.61. The van der Waals surface area contributed by atoms with Gasteiger partial charge >= 0.3 is 11.4 Å². The predicted molar refractivity (Wildman–Crippen MR) is 125 cm³/mol. The first-order chi connectivity index (χ1) is 15.1. The molecule has 4 aromatic rings. The fourth-order valence-corrected chi connectivity index (χ4v) is 3.73. The van der Waals surface area contributed by atoms with Crippen LogP contribution in [0, 0.1) is 0 Å². The van der Waals surface area contributed by atoms with Crippen molar-refractivity contribution in [3.05, 3.63) is 103 Å². The third-order valence-electron chi connectivity index (χ3n) is 4.91. The van der Waals surface area contributed by atoms with Gasteiger partial charge in [0.2, 0.25) is 0 Å². The maximum Gasteiger partial charge on any atom is 0.325 e. The maximum atomic E-state index is 11.0. The maximum absolute atomic E-state index is 11.0. The summed E-state index contributed by atoms with van der Waals surface area (Å²) in [6, 6.07) is 30.1. The molecule has 1 heterocycles. The molecule has 0 aliphatic heterocycles. The number of hydroxylamine groups is 1. The summed E-state index contributed by atoms with van der Waals surface area (Å²) in [7, 11) is 1.59. The summed E-state index contributed by atoms with van der Waals surface area (Å²) in [5.41, 5.74) is 5.89. The first-order valence-corrected chi connectivity index (χ1v) is 10.8. The lowest BCUT2D eigenvalue weighted by Crippen LogP contribution is -2.19. The van der Waals surface area contributed by atoms with Crippen molar-refractivity contribution in [2.45, 2.75) is 6.54 Å². The molecule has 3 aromatic carbocycles. The normalized spacial score (nSPS) is 11.8. The second-order valence-electron chi connectivity index (χ2n) is 6.96. The molecule has 2 N–H and O–H groups in total. The molecular formula is C24H23N3O3S. The van der Waals surface area contributed by atoms with E-state index >= 15 is 0 Å². The van der Waals surface area contributed by atoms with E-state index in [0.29, 0.717) is 12.2 Å². The molecule has 0 bridgehead atoms. The largest absolute Gasteiger partial charge is 0.379 e. The van der Waals surface area contributed by atoms with Gasteiger partial charge in [-0.3, -0.25) is 4.55 Å². The average molecular weight is 434 g/mol. The molecule has 0 aliphatic rings. The molecule has 0 aliphatic carbocycles. The molecule has 0 spiro atoms. The van der Waals surface area contributed by atoms with Gasteiger partial charge in [0.15, 0.2) is 0 Å². The SMILES string of the molecule is CN(OS(=O)O)c1cccc(-n2ccc(NCc3ccccc3)c2-c2ccccc2)c1. The Morgan fingerprint density at radius 3 is 2.39 bits per heavy atom. The van der Waals surface area contributed by atoms with Crippen molar-refractivity contribution in [2.75, 3.05) is 17.4 Å². The minimum atomic E-state index is -2.39. The fraction of sp³-hybridized carbons (Fsp3) is 0.0833. The number of hydrogen-bond acceptors (Lipinski definition) is 4. The van der Waals surface area contributed by atoms with Gasteiger partial charge in [-0.2, -0.15) is 4.21 Å². The van der Waals surface area contributed by atoms with Gasteiger partial charge in [0.1, 0.15) is 0 Å². The van der Waals surface area contributed by atoms with Crippen LogP contribution in [0.15, 0.2) is 97.2 Å². The van der Waals surface area contributed by atoms with Crippen LogP contribution in [0.1, 0.15) is 5.56 Å². The van der Waals surface area contributed by atoms with Crippen molar-refractivity contribution in [2.24, 2.45) is 0 Å². The first-order valence-electron chi connectivity index (χ1n) is 9.80. The highest BCUT2D eigenvalue weighted by atomic mass is 32.2. The van der Waals surface area contributed by atoms with Gasteiger partial charge < -0.3 is 9.88 Å². The van der Waals surface area contributed by atoms with Crippen molar-refractivity contribution < 1.29 is 13.0 Å². The van der Waals surface area contributed by atoms with Crippen LogP contribution in [0.25, 0.3) is 16.9 Å². The quantitative estimate of drug-likeness (QED) is 0.293. The van der Waals surface area contributed by atoms with E-state index in [2.05, 4.69) is 40.2 Å². The van der Waals surface area contributed by atoms with E-state index in [1.807, 2.05) is 66.9 Å². The van der Waals surface area contributed by atoms with Gasteiger partial charge in [-0.25, -0.2) is 5.06 Å². The topological polar surface area (TPSA) is 66.7 Å². The summed E-state index contributed by atoms with van der Waals surface area (Å²) in [5, 5.41) is 4.83. The van der Waals surface area contributed by atoms with Gasteiger partial charge in [-0.05, 0) is 29.8 Å². The molecule has 0 saturated carbocycles. The Hall–Kier alpha value is -3.39. The summed E-state index contributed by atoms with van der Waals surface area (Å²) in [6.07, 6.45) is 2.01. The molecule has 1 atom stereocenters. The third-order valence-corrected chi connectivity index (χ3v) is 5.26. The zero-order valence-electron chi connectivity index (χ0n) is 17.0. The molecule has 7 heteroatoms. The lowest BCUT2D eigenvalue weighted by atomic mass is 10.1. The van der Waals surface area contributed by atoms with E-state index in [0.717, 1.165) is 22.6 Å². The minimum absolute atomic E-state index is 0.659. The van der Waals surface area contributed by atoms with Gasteiger partial charge in [-0.1, -0.05) is 66.7 Å². The summed E-state index contributed by atoms with van der Waals surface area (Å²) in [4.78, 5) is 0. The molecule has 0 radical (unpaired) electrons. The Balaban J connectivity index is 1.71. The molecule has 158 valence electrons. The minimum Gasteiger partial charge on any atom is -0.379 e. The van der Waals surface area contributed by atoms with Crippen LogP contribution < -0.4 is 10.4 Å². The monoisotopic (exact) mass is 433 g/mol. The zero-order chi connectivity index (χ0) is 21.6. The molecule has 6 nitrogen and oxygen atoms in total. The second-order valence-corrected chi connectivity index (χ2v) is 7.55. The van der Waals surface area contributed by atoms with E-state index in [1.165, 1.54) is 10.6 Å². The number of rotatable bonds is 8. The smallest absolute Gasteiger partial charge is 0.325 e. The standard InChI is InChI=1S/C24H23N3O3S/c1-26(30-31(28)29)21-13-8-14-22(17-21)27-16-15-23(24(27)20-11-6-3-7-12-20)25-18-19-9-4-2-5-10-19/h2-17,25H,18H2,1H3,(H,28,29). The van der Waals surface area contributed by atoms with E-state index in [-0.39, 0.29) is 0 Å². The number of benzene rings is 3. The summed E-state index contributed by atoms with van der Waals surface area (Å²) < 4.78 is 27.0. The van der Waals surface area contributed by atoms with E-state index in [4.69, 9.17) is 8.84 Å². The van der Waals surface area contributed by atoms with Crippen LogP contribution in [0.4, 0.5) is 11.4 Å². The van der Waals surface area contributed by atoms with Crippen molar-refractivity contribution in [3.8, 4) is 16.9 Å². The molecule has 4 rings (SSSR count). The van der Waals surface area contributed by atoms with Crippen LogP contribution in [-0.2, 0) is 22.2 Å². The number of nitrogens with zero attached hydrogens (tertiary/aromatic N) is 2. The van der Waals surface area contributed by atoms with Gasteiger partial charge in [0.05, 0.1) is 17.1 Å². The highest BCUT2D eigenvalue weighted by Gasteiger charge is 2.14. The fourth-order valence-electron chi connectivity index (χ4n) is 3.45.